The fourth-order valence-electron chi connectivity index (χ4n) is 1.86. The quantitative estimate of drug-likeness (QED) is 0.589. The molecule has 0 unspecified atom stereocenters. The number of hydrogen-bond donors (Lipinski definition) is 1. The first-order chi connectivity index (χ1) is 11.4. The Labute approximate surface area is 147 Å². The summed E-state index contributed by atoms with van der Waals surface area (Å²) in [4.78, 5) is 12.0. The van der Waals surface area contributed by atoms with Gasteiger partial charge in [-0.15, -0.1) is 0 Å². The minimum atomic E-state index is -5.04. The summed E-state index contributed by atoms with van der Waals surface area (Å²) in [5, 5.41) is 2.39. The minimum Gasteiger partial charge on any atom is -0.322 e. The first-order valence-electron chi connectivity index (χ1n) is 6.44. The monoisotopic (exact) mass is 401 g/mol. The first kappa shape index (κ1) is 19.4. The van der Waals surface area contributed by atoms with Gasteiger partial charge < -0.3 is 5.32 Å². The normalized spacial score (nSPS) is 12.2. The van der Waals surface area contributed by atoms with Crippen LogP contribution in [0, 0.1) is 0 Å². The van der Waals surface area contributed by atoms with Crippen LogP contribution in [0.4, 0.5) is 32.0 Å². The van der Waals surface area contributed by atoms with Gasteiger partial charge in [0.05, 0.1) is 21.2 Å². The van der Waals surface area contributed by atoms with Crippen molar-refractivity contribution in [3.05, 3.63) is 63.1 Å². The molecule has 0 atom stereocenters. The van der Waals surface area contributed by atoms with Gasteiger partial charge in [0.25, 0.3) is 5.91 Å². The number of anilines is 1. The topological polar surface area (TPSA) is 29.1 Å². The summed E-state index contributed by atoms with van der Waals surface area (Å²) in [5.41, 5.74) is -3.90. The highest BCUT2D eigenvalue weighted by Gasteiger charge is 2.37. The van der Waals surface area contributed by atoms with Crippen LogP contribution in [0.2, 0.25) is 10.0 Å². The molecular weight excluding hydrogens is 395 g/mol. The van der Waals surface area contributed by atoms with Crippen molar-refractivity contribution in [3.8, 4) is 0 Å². The third kappa shape index (κ3) is 4.79. The lowest BCUT2D eigenvalue weighted by molar-refractivity contribution is -0.143. The van der Waals surface area contributed by atoms with Crippen LogP contribution < -0.4 is 5.32 Å². The number of halogens is 8. The fourth-order valence-corrected chi connectivity index (χ4v) is 2.16. The molecule has 0 aliphatic heterocycles. The lowest BCUT2D eigenvalue weighted by Gasteiger charge is -2.14. The van der Waals surface area contributed by atoms with Crippen LogP contribution in [0.5, 0.6) is 0 Å². The van der Waals surface area contributed by atoms with Gasteiger partial charge in [-0.2, -0.15) is 26.3 Å². The maximum atomic E-state index is 12.8. The molecule has 1 N–H and O–H groups in total. The maximum Gasteiger partial charge on any atom is 0.416 e. The Bertz CT molecular complexity index is 784. The Kier molecular flexibility index (Phi) is 5.24. The number of carbonyl (C=O) groups is 1. The molecule has 0 aliphatic carbocycles. The molecule has 0 bridgehead atoms. The molecule has 0 saturated carbocycles. The highest BCUT2D eigenvalue weighted by atomic mass is 35.5. The van der Waals surface area contributed by atoms with Gasteiger partial charge in [0, 0.05) is 11.3 Å². The van der Waals surface area contributed by atoms with Crippen LogP contribution >= 0.6 is 23.2 Å². The Morgan fingerprint density at radius 3 is 1.76 bits per heavy atom. The van der Waals surface area contributed by atoms with E-state index >= 15 is 0 Å². The molecule has 2 aromatic rings. The van der Waals surface area contributed by atoms with Gasteiger partial charge in [0.2, 0.25) is 0 Å². The molecule has 2 rings (SSSR count). The summed E-state index contributed by atoms with van der Waals surface area (Å²) in [6.07, 6.45) is -10.1. The number of carbonyl (C=O) groups excluding carboxylic acids is 1. The van der Waals surface area contributed by atoms with E-state index < -0.39 is 35.0 Å². The highest BCUT2D eigenvalue weighted by Crippen LogP contribution is 2.36. The Hall–Kier alpha value is -1.93. The summed E-state index contributed by atoms with van der Waals surface area (Å²) in [6.45, 7) is 0. The number of amides is 1. The summed E-state index contributed by atoms with van der Waals surface area (Å²) < 4.78 is 76.8. The van der Waals surface area contributed by atoms with E-state index in [1.54, 1.807) is 0 Å². The number of rotatable bonds is 2. The highest BCUT2D eigenvalue weighted by molar-refractivity contribution is 6.42. The second kappa shape index (κ2) is 6.76. The molecule has 25 heavy (non-hydrogen) atoms. The van der Waals surface area contributed by atoms with Crippen LogP contribution in [-0.2, 0) is 12.4 Å². The van der Waals surface area contributed by atoms with E-state index in [1.807, 2.05) is 0 Å². The van der Waals surface area contributed by atoms with Crippen LogP contribution in [0.1, 0.15) is 21.5 Å². The number of benzene rings is 2. The van der Waals surface area contributed by atoms with Gasteiger partial charge in [0.1, 0.15) is 0 Å². The van der Waals surface area contributed by atoms with Crippen LogP contribution in [0.3, 0.4) is 0 Å². The number of nitrogens with one attached hydrogen (secondary N) is 1. The molecule has 134 valence electrons. The van der Waals surface area contributed by atoms with Crippen LogP contribution in [0.15, 0.2) is 36.4 Å². The predicted octanol–water partition coefficient (Wildman–Crippen LogP) is 6.28. The van der Waals surface area contributed by atoms with Crippen molar-refractivity contribution >= 4 is 34.8 Å². The molecule has 0 saturated heterocycles. The molecule has 2 nitrogen and oxygen atoms in total. The number of alkyl halides is 6. The maximum absolute atomic E-state index is 12.8. The molecule has 0 aromatic heterocycles. The SMILES string of the molecule is O=C(Nc1ccc(Cl)c(Cl)c1)c1cc(C(F)(F)F)cc(C(F)(F)F)c1. The molecule has 0 aliphatic rings. The summed E-state index contributed by atoms with van der Waals surface area (Å²) in [6, 6.07) is 4.43. The third-order valence-corrected chi connectivity index (χ3v) is 3.77. The van der Waals surface area contributed by atoms with Crippen LogP contribution in [0.25, 0.3) is 0 Å². The zero-order valence-corrected chi connectivity index (χ0v) is 13.4. The molecule has 0 spiro atoms. The van der Waals surface area contributed by atoms with Crippen molar-refractivity contribution in [2.24, 2.45) is 0 Å². The molecule has 0 fully saturated rings. The largest absolute Gasteiger partial charge is 0.416 e. The van der Waals surface area contributed by atoms with E-state index in [-0.39, 0.29) is 21.8 Å². The Morgan fingerprint density at radius 2 is 1.32 bits per heavy atom. The van der Waals surface area contributed by atoms with Gasteiger partial charge in [-0.05, 0) is 36.4 Å². The zero-order chi connectivity index (χ0) is 19.0. The van der Waals surface area contributed by atoms with Gasteiger partial charge in [-0.25, -0.2) is 0 Å². The second-order valence-corrected chi connectivity index (χ2v) is 5.69. The van der Waals surface area contributed by atoms with E-state index in [0.717, 1.165) is 0 Å². The van der Waals surface area contributed by atoms with Crippen LogP contribution in [-0.4, -0.2) is 5.91 Å². The number of hydrogen-bond acceptors (Lipinski definition) is 1. The van der Waals surface area contributed by atoms with Gasteiger partial charge in [-0.1, -0.05) is 23.2 Å². The molecular formula is C15H7Cl2F6NO. The first-order valence-corrected chi connectivity index (χ1v) is 7.19. The predicted molar refractivity (Wildman–Crippen MR) is 80.9 cm³/mol. The Morgan fingerprint density at radius 1 is 0.800 bits per heavy atom. The summed E-state index contributed by atoms with van der Waals surface area (Å²) in [5.74, 6) is -1.16. The lowest BCUT2D eigenvalue weighted by Crippen LogP contribution is -2.17. The smallest absolute Gasteiger partial charge is 0.322 e. The van der Waals surface area contributed by atoms with E-state index in [0.29, 0.717) is 12.1 Å². The average Bonchev–Trinajstić information content (AvgIpc) is 2.48. The fraction of sp³-hybridized carbons (Fsp3) is 0.133. The molecule has 2 aromatic carbocycles. The van der Waals surface area contributed by atoms with E-state index in [1.165, 1.54) is 18.2 Å². The summed E-state index contributed by atoms with van der Waals surface area (Å²) >= 11 is 11.4. The van der Waals surface area contributed by atoms with Crippen molar-refractivity contribution < 1.29 is 31.1 Å². The van der Waals surface area contributed by atoms with Crippen molar-refractivity contribution in [3.63, 3.8) is 0 Å². The minimum absolute atomic E-state index is 0.0551. The van der Waals surface area contributed by atoms with E-state index in [2.05, 4.69) is 5.32 Å². The van der Waals surface area contributed by atoms with Crippen molar-refractivity contribution in [1.29, 1.82) is 0 Å². The standard InChI is InChI=1S/C15H7Cl2F6NO/c16-11-2-1-10(6-12(11)17)24-13(25)7-3-8(14(18,19)20)5-9(4-7)15(21,22)23/h1-6H,(H,24,25). The van der Waals surface area contributed by atoms with Crippen molar-refractivity contribution in [1.82, 2.24) is 0 Å². The van der Waals surface area contributed by atoms with Gasteiger partial charge in [-0.3, -0.25) is 4.79 Å². The molecule has 10 heteroatoms. The average molecular weight is 402 g/mol. The molecule has 0 radical (unpaired) electrons. The molecule has 0 heterocycles. The van der Waals surface area contributed by atoms with E-state index in [4.69, 9.17) is 23.2 Å². The van der Waals surface area contributed by atoms with Crippen molar-refractivity contribution in [2.75, 3.05) is 5.32 Å². The summed E-state index contributed by atoms with van der Waals surface area (Å²) in [7, 11) is 0. The van der Waals surface area contributed by atoms with Gasteiger partial charge in [0.15, 0.2) is 0 Å². The third-order valence-electron chi connectivity index (χ3n) is 3.03. The van der Waals surface area contributed by atoms with E-state index in [9.17, 15) is 31.1 Å². The lowest BCUT2D eigenvalue weighted by atomic mass is 10.0. The second-order valence-electron chi connectivity index (χ2n) is 4.88. The van der Waals surface area contributed by atoms with Crippen molar-refractivity contribution in [2.45, 2.75) is 12.4 Å². The molecule has 1 amide bonds. The van der Waals surface area contributed by atoms with Gasteiger partial charge >= 0.3 is 12.4 Å². The Balaban J connectivity index is 2.42. The zero-order valence-electron chi connectivity index (χ0n) is 11.9.